The maximum Gasteiger partial charge on any atom is 0.255 e. The van der Waals surface area contributed by atoms with E-state index in [1.54, 1.807) is 12.3 Å². The van der Waals surface area contributed by atoms with Gasteiger partial charge in [-0.1, -0.05) is 44.2 Å². The van der Waals surface area contributed by atoms with Crippen LogP contribution in [0.4, 0.5) is 5.82 Å². The minimum atomic E-state index is -0.364. The van der Waals surface area contributed by atoms with Gasteiger partial charge in [0.25, 0.3) is 5.91 Å². The summed E-state index contributed by atoms with van der Waals surface area (Å²) in [6.45, 7) is 7.22. The molecular formula is C22H29N3O3. The molecule has 2 heterocycles. The molecular weight excluding hydrogens is 354 g/mol. The highest BCUT2D eigenvalue weighted by Crippen LogP contribution is 2.34. The van der Waals surface area contributed by atoms with E-state index in [9.17, 15) is 9.90 Å². The Morgan fingerprint density at radius 3 is 2.61 bits per heavy atom. The van der Waals surface area contributed by atoms with Gasteiger partial charge in [0, 0.05) is 38.4 Å². The maximum absolute atomic E-state index is 13.0. The van der Waals surface area contributed by atoms with Gasteiger partial charge in [0.05, 0.1) is 18.8 Å². The first-order valence-corrected chi connectivity index (χ1v) is 9.74. The van der Waals surface area contributed by atoms with E-state index in [1.807, 2.05) is 50.2 Å². The standard InChI is InChI=1S/C22H29N3O3/c1-22(2,16-26)19(17-7-4-3-5-8-17)15-24-21(27)18-9-6-10-23-20(18)25-11-13-28-14-12-25/h3-10,19,26H,11-16H2,1-2H3,(H,24,27). The number of carbonyl (C=O) groups excluding carboxylic acids is 1. The van der Waals surface area contributed by atoms with Crippen LogP contribution < -0.4 is 10.2 Å². The number of aliphatic hydroxyl groups is 1. The summed E-state index contributed by atoms with van der Waals surface area (Å²) < 4.78 is 5.41. The van der Waals surface area contributed by atoms with E-state index in [-0.39, 0.29) is 23.8 Å². The SMILES string of the molecule is CC(C)(CO)C(CNC(=O)c1cccnc1N1CCOCC1)c1ccccc1. The van der Waals surface area contributed by atoms with Gasteiger partial charge in [-0.05, 0) is 23.1 Å². The van der Waals surface area contributed by atoms with Crippen LogP contribution in [0.3, 0.4) is 0 Å². The van der Waals surface area contributed by atoms with Gasteiger partial charge in [0.15, 0.2) is 0 Å². The molecule has 150 valence electrons. The highest BCUT2D eigenvalue weighted by molar-refractivity contribution is 5.98. The van der Waals surface area contributed by atoms with Crippen LogP contribution >= 0.6 is 0 Å². The number of pyridine rings is 1. The van der Waals surface area contributed by atoms with Crippen LogP contribution in [0.1, 0.15) is 35.7 Å². The third-order valence-corrected chi connectivity index (χ3v) is 5.36. The quantitative estimate of drug-likeness (QED) is 0.768. The average molecular weight is 383 g/mol. The fourth-order valence-electron chi connectivity index (χ4n) is 3.53. The number of aliphatic hydroxyl groups excluding tert-OH is 1. The lowest BCUT2D eigenvalue weighted by atomic mass is 9.75. The van der Waals surface area contributed by atoms with E-state index < -0.39 is 0 Å². The number of morpholine rings is 1. The Hall–Kier alpha value is -2.44. The summed E-state index contributed by atoms with van der Waals surface area (Å²) in [4.78, 5) is 19.5. The molecule has 28 heavy (non-hydrogen) atoms. The minimum absolute atomic E-state index is 0.00819. The normalized spacial score (nSPS) is 15.9. The number of amides is 1. The number of hydrogen-bond donors (Lipinski definition) is 2. The Morgan fingerprint density at radius 1 is 1.21 bits per heavy atom. The fraction of sp³-hybridized carbons (Fsp3) is 0.455. The molecule has 0 bridgehead atoms. The van der Waals surface area contributed by atoms with Gasteiger partial charge >= 0.3 is 0 Å². The highest BCUT2D eigenvalue weighted by Gasteiger charge is 2.31. The van der Waals surface area contributed by atoms with Crippen LogP contribution in [-0.2, 0) is 4.74 Å². The zero-order valence-corrected chi connectivity index (χ0v) is 16.6. The number of nitrogens with zero attached hydrogens (tertiary/aromatic N) is 2. The topological polar surface area (TPSA) is 74.7 Å². The molecule has 3 rings (SSSR count). The molecule has 1 aromatic heterocycles. The lowest BCUT2D eigenvalue weighted by Crippen LogP contribution is -2.40. The Morgan fingerprint density at radius 2 is 1.93 bits per heavy atom. The van der Waals surface area contributed by atoms with Crippen LogP contribution in [0.5, 0.6) is 0 Å². The van der Waals surface area contributed by atoms with E-state index in [0.717, 1.165) is 18.7 Å². The molecule has 6 nitrogen and oxygen atoms in total. The summed E-state index contributed by atoms with van der Waals surface area (Å²) in [7, 11) is 0. The second-order valence-corrected chi connectivity index (χ2v) is 7.79. The average Bonchev–Trinajstić information content (AvgIpc) is 2.75. The van der Waals surface area contributed by atoms with Crippen molar-refractivity contribution in [1.82, 2.24) is 10.3 Å². The first-order chi connectivity index (χ1) is 13.5. The Labute approximate surface area is 166 Å². The van der Waals surface area contributed by atoms with E-state index in [2.05, 4.69) is 15.2 Å². The van der Waals surface area contributed by atoms with Crippen LogP contribution in [0.25, 0.3) is 0 Å². The molecule has 1 amide bonds. The molecule has 1 saturated heterocycles. The fourth-order valence-corrected chi connectivity index (χ4v) is 3.53. The first kappa shape index (κ1) is 20.3. The van der Waals surface area contributed by atoms with E-state index in [1.165, 1.54) is 0 Å². The maximum atomic E-state index is 13.0. The minimum Gasteiger partial charge on any atom is -0.396 e. The van der Waals surface area contributed by atoms with Gasteiger partial charge in [-0.15, -0.1) is 0 Å². The zero-order valence-electron chi connectivity index (χ0n) is 16.6. The molecule has 0 radical (unpaired) electrons. The summed E-state index contributed by atoms with van der Waals surface area (Å²) in [5.74, 6) is 0.538. The molecule has 1 atom stereocenters. The second kappa shape index (κ2) is 9.17. The third kappa shape index (κ3) is 4.69. The van der Waals surface area contributed by atoms with Crippen molar-refractivity contribution in [3.8, 4) is 0 Å². The Kier molecular flexibility index (Phi) is 6.65. The molecule has 1 fully saturated rings. The third-order valence-electron chi connectivity index (χ3n) is 5.36. The molecule has 0 aliphatic carbocycles. The largest absolute Gasteiger partial charge is 0.396 e. The first-order valence-electron chi connectivity index (χ1n) is 9.74. The monoisotopic (exact) mass is 383 g/mol. The summed E-state index contributed by atoms with van der Waals surface area (Å²) in [5, 5.41) is 13.0. The molecule has 1 aromatic carbocycles. The van der Waals surface area contributed by atoms with E-state index in [0.29, 0.717) is 31.1 Å². The Bertz CT molecular complexity index is 774. The number of carbonyl (C=O) groups is 1. The van der Waals surface area contributed by atoms with Crippen molar-refractivity contribution >= 4 is 11.7 Å². The van der Waals surface area contributed by atoms with Crippen molar-refractivity contribution in [2.45, 2.75) is 19.8 Å². The van der Waals surface area contributed by atoms with E-state index in [4.69, 9.17) is 4.74 Å². The van der Waals surface area contributed by atoms with Gasteiger partial charge < -0.3 is 20.1 Å². The molecule has 2 aromatic rings. The number of benzene rings is 1. The van der Waals surface area contributed by atoms with Gasteiger partial charge in [-0.3, -0.25) is 4.79 Å². The van der Waals surface area contributed by atoms with E-state index >= 15 is 0 Å². The predicted molar refractivity (Wildman–Crippen MR) is 110 cm³/mol. The van der Waals surface area contributed by atoms with Crippen LogP contribution in [-0.4, -0.2) is 55.5 Å². The van der Waals surface area contributed by atoms with Crippen molar-refractivity contribution in [3.05, 3.63) is 59.8 Å². The molecule has 0 spiro atoms. The predicted octanol–water partition coefficient (Wildman–Crippen LogP) is 2.45. The van der Waals surface area contributed by atoms with Crippen LogP contribution in [0, 0.1) is 5.41 Å². The van der Waals surface area contributed by atoms with Gasteiger partial charge in [0.2, 0.25) is 0 Å². The number of nitrogens with one attached hydrogen (secondary N) is 1. The van der Waals surface area contributed by atoms with Crippen LogP contribution in [0.2, 0.25) is 0 Å². The number of hydrogen-bond acceptors (Lipinski definition) is 5. The molecule has 2 N–H and O–H groups in total. The lowest BCUT2D eigenvalue weighted by Gasteiger charge is -2.33. The summed E-state index contributed by atoms with van der Waals surface area (Å²) in [5.41, 5.74) is 1.30. The highest BCUT2D eigenvalue weighted by atomic mass is 16.5. The number of rotatable bonds is 7. The molecule has 1 aliphatic heterocycles. The molecule has 6 heteroatoms. The van der Waals surface area contributed by atoms with Crippen molar-refractivity contribution in [2.75, 3.05) is 44.4 Å². The summed E-state index contributed by atoms with van der Waals surface area (Å²) in [6.07, 6.45) is 1.71. The van der Waals surface area contributed by atoms with Crippen molar-refractivity contribution in [1.29, 1.82) is 0 Å². The summed E-state index contributed by atoms with van der Waals surface area (Å²) in [6, 6.07) is 13.6. The Balaban J connectivity index is 1.77. The molecule has 1 aliphatic rings. The zero-order chi connectivity index (χ0) is 20.0. The molecule has 1 unspecified atom stereocenters. The smallest absolute Gasteiger partial charge is 0.255 e. The number of aromatic nitrogens is 1. The summed E-state index contributed by atoms with van der Waals surface area (Å²) >= 11 is 0. The van der Waals surface area contributed by atoms with Crippen molar-refractivity contribution in [3.63, 3.8) is 0 Å². The number of anilines is 1. The van der Waals surface area contributed by atoms with Crippen molar-refractivity contribution in [2.24, 2.45) is 5.41 Å². The lowest BCUT2D eigenvalue weighted by molar-refractivity contribution is 0.0918. The van der Waals surface area contributed by atoms with Gasteiger partial charge in [-0.2, -0.15) is 0 Å². The van der Waals surface area contributed by atoms with Gasteiger partial charge in [0.1, 0.15) is 5.82 Å². The van der Waals surface area contributed by atoms with Crippen molar-refractivity contribution < 1.29 is 14.6 Å². The second-order valence-electron chi connectivity index (χ2n) is 7.79. The van der Waals surface area contributed by atoms with Gasteiger partial charge in [-0.25, -0.2) is 4.98 Å². The molecule has 0 saturated carbocycles. The number of ether oxygens (including phenoxy) is 1. The van der Waals surface area contributed by atoms with Crippen LogP contribution in [0.15, 0.2) is 48.7 Å².